The molecule has 0 amide bonds. The van der Waals surface area contributed by atoms with Gasteiger partial charge in [-0.1, -0.05) is 11.6 Å². The van der Waals surface area contributed by atoms with Crippen LogP contribution in [0.3, 0.4) is 0 Å². The summed E-state index contributed by atoms with van der Waals surface area (Å²) in [4.78, 5) is 12.5. The van der Waals surface area contributed by atoms with Gasteiger partial charge in [-0.05, 0) is 18.2 Å². The molecule has 0 unspecified atom stereocenters. The number of hydrogen-bond acceptors (Lipinski definition) is 5. The number of ether oxygens (including phenoxy) is 2. The zero-order chi connectivity index (χ0) is 16.4. The van der Waals surface area contributed by atoms with Crippen LogP contribution in [-0.2, 0) is 0 Å². The van der Waals surface area contributed by atoms with Crippen molar-refractivity contribution in [2.75, 3.05) is 13.7 Å². The highest BCUT2D eigenvalue weighted by molar-refractivity contribution is 6.29. The third-order valence-electron chi connectivity index (χ3n) is 2.99. The number of hydrogen-bond donors (Lipinski definition) is 0. The van der Waals surface area contributed by atoms with Crippen molar-refractivity contribution in [2.45, 2.75) is 6.43 Å². The van der Waals surface area contributed by atoms with Gasteiger partial charge in [0.25, 0.3) is 12.3 Å². The number of fused-ring (bicyclic) bond motifs is 1. The Bertz CT molecular complexity index is 841. The van der Waals surface area contributed by atoms with Crippen molar-refractivity contribution >= 4 is 22.6 Å². The Kier molecular flexibility index (Phi) is 4.24. The van der Waals surface area contributed by atoms with Gasteiger partial charge >= 0.3 is 0 Å². The molecule has 0 aliphatic rings. The normalized spacial score (nSPS) is 11.2. The van der Waals surface area contributed by atoms with E-state index in [0.717, 1.165) is 5.39 Å². The summed E-state index contributed by atoms with van der Waals surface area (Å²) in [6.45, 7) is -0.761. The van der Waals surface area contributed by atoms with Crippen LogP contribution in [0.5, 0.6) is 11.6 Å². The number of pyridine rings is 1. The molecular weight excluding hydrogens is 330 g/mol. The van der Waals surface area contributed by atoms with E-state index in [1.165, 1.54) is 13.3 Å². The molecule has 0 aromatic carbocycles. The molecule has 3 rings (SSSR count). The highest BCUT2D eigenvalue weighted by atomic mass is 35.5. The molecule has 3 heterocycles. The van der Waals surface area contributed by atoms with E-state index in [1.54, 1.807) is 16.8 Å². The molecule has 0 saturated heterocycles. The first kappa shape index (κ1) is 15.4. The van der Waals surface area contributed by atoms with Gasteiger partial charge in [0.05, 0.1) is 13.3 Å². The summed E-state index contributed by atoms with van der Waals surface area (Å²) in [5.41, 5.74) is 0.570. The van der Waals surface area contributed by atoms with Crippen molar-refractivity contribution in [3.05, 3.63) is 35.7 Å². The van der Waals surface area contributed by atoms with Gasteiger partial charge in [0.15, 0.2) is 5.75 Å². The van der Waals surface area contributed by atoms with Crippen molar-refractivity contribution in [3.63, 3.8) is 0 Å². The average Bonchev–Trinajstić information content (AvgIpc) is 2.95. The van der Waals surface area contributed by atoms with Gasteiger partial charge in [-0.2, -0.15) is 4.98 Å². The molecule has 9 heteroatoms. The summed E-state index contributed by atoms with van der Waals surface area (Å²) in [7, 11) is 1.37. The zero-order valence-corrected chi connectivity index (χ0v) is 12.7. The maximum atomic E-state index is 12.2. The third kappa shape index (κ3) is 3.16. The number of alkyl halides is 2. The Labute approximate surface area is 134 Å². The van der Waals surface area contributed by atoms with Crippen molar-refractivity contribution in [3.8, 4) is 17.6 Å². The standard InChI is InChI=1S/C14H11ClF2N4O2/c1-22-13-9(23-7-11(16)17)6-18-14(20-13)21-5-4-8-2-3-10(15)19-12(8)21/h2-6,11H,7H2,1H3. The van der Waals surface area contributed by atoms with E-state index in [2.05, 4.69) is 15.0 Å². The van der Waals surface area contributed by atoms with Crippen LogP contribution in [0.25, 0.3) is 17.0 Å². The molecule has 23 heavy (non-hydrogen) atoms. The van der Waals surface area contributed by atoms with Gasteiger partial charge in [0.2, 0.25) is 5.95 Å². The fourth-order valence-corrected chi connectivity index (χ4v) is 2.15. The lowest BCUT2D eigenvalue weighted by Crippen LogP contribution is -2.10. The molecule has 0 saturated carbocycles. The molecule has 0 N–H and O–H groups in total. The summed E-state index contributed by atoms with van der Waals surface area (Å²) in [5, 5.41) is 1.19. The van der Waals surface area contributed by atoms with Gasteiger partial charge in [0, 0.05) is 11.6 Å². The van der Waals surface area contributed by atoms with Crippen LogP contribution in [0, 0.1) is 0 Å². The minimum absolute atomic E-state index is 0.0407. The Morgan fingerprint density at radius 1 is 1.26 bits per heavy atom. The lowest BCUT2D eigenvalue weighted by molar-refractivity contribution is 0.0798. The molecule has 0 radical (unpaired) electrons. The van der Waals surface area contributed by atoms with E-state index in [9.17, 15) is 8.78 Å². The summed E-state index contributed by atoms with van der Waals surface area (Å²) < 4.78 is 36.1. The monoisotopic (exact) mass is 340 g/mol. The minimum atomic E-state index is -2.60. The molecule has 3 aromatic rings. The van der Waals surface area contributed by atoms with Crippen molar-refractivity contribution in [1.82, 2.24) is 19.5 Å². The second-order valence-electron chi connectivity index (χ2n) is 4.48. The van der Waals surface area contributed by atoms with Gasteiger partial charge in [0.1, 0.15) is 17.4 Å². The highest BCUT2D eigenvalue weighted by Crippen LogP contribution is 2.26. The predicted octanol–water partition coefficient (Wildman–Crippen LogP) is 3.12. The first-order valence-electron chi connectivity index (χ1n) is 6.54. The van der Waals surface area contributed by atoms with Crippen LogP contribution in [0.15, 0.2) is 30.6 Å². The van der Waals surface area contributed by atoms with E-state index in [-0.39, 0.29) is 17.6 Å². The summed E-state index contributed by atoms with van der Waals surface area (Å²) in [6, 6.07) is 5.32. The molecule has 0 aliphatic carbocycles. The molecule has 0 bridgehead atoms. The Hall–Kier alpha value is -2.48. The molecule has 0 fully saturated rings. The molecule has 3 aromatic heterocycles. The minimum Gasteiger partial charge on any atom is -0.481 e. The summed E-state index contributed by atoms with van der Waals surface area (Å²) >= 11 is 5.91. The van der Waals surface area contributed by atoms with Gasteiger partial charge in [-0.3, -0.25) is 4.57 Å². The first-order chi connectivity index (χ1) is 11.1. The quantitative estimate of drug-likeness (QED) is 0.668. The van der Waals surface area contributed by atoms with Gasteiger partial charge < -0.3 is 9.47 Å². The van der Waals surface area contributed by atoms with Crippen molar-refractivity contribution in [2.24, 2.45) is 0 Å². The van der Waals surface area contributed by atoms with Gasteiger partial charge in [-0.25, -0.2) is 18.7 Å². The topological polar surface area (TPSA) is 62.1 Å². The zero-order valence-electron chi connectivity index (χ0n) is 11.9. The van der Waals surface area contributed by atoms with E-state index >= 15 is 0 Å². The molecule has 6 nitrogen and oxygen atoms in total. The Morgan fingerprint density at radius 3 is 2.83 bits per heavy atom. The van der Waals surface area contributed by atoms with E-state index < -0.39 is 13.0 Å². The Balaban J connectivity index is 2.00. The van der Waals surface area contributed by atoms with Crippen LogP contribution in [0.4, 0.5) is 8.78 Å². The number of halogens is 3. The molecule has 120 valence electrons. The molecule has 0 atom stereocenters. The van der Waals surface area contributed by atoms with Gasteiger partial charge in [-0.15, -0.1) is 0 Å². The second-order valence-corrected chi connectivity index (χ2v) is 4.87. The van der Waals surface area contributed by atoms with Crippen LogP contribution < -0.4 is 9.47 Å². The van der Waals surface area contributed by atoms with Crippen molar-refractivity contribution in [1.29, 1.82) is 0 Å². The fraction of sp³-hybridized carbons (Fsp3) is 0.214. The number of aromatic nitrogens is 4. The smallest absolute Gasteiger partial charge is 0.272 e. The number of rotatable bonds is 5. The fourth-order valence-electron chi connectivity index (χ4n) is 2.01. The Morgan fingerprint density at radius 2 is 2.09 bits per heavy atom. The van der Waals surface area contributed by atoms with Crippen LogP contribution in [0.2, 0.25) is 5.15 Å². The number of methoxy groups -OCH3 is 1. The maximum absolute atomic E-state index is 12.2. The second kappa shape index (κ2) is 6.33. The SMILES string of the molecule is COc1nc(-n2ccc3ccc(Cl)nc32)ncc1OCC(F)F. The van der Waals surface area contributed by atoms with E-state index in [1.807, 2.05) is 12.1 Å². The largest absolute Gasteiger partial charge is 0.481 e. The lowest BCUT2D eigenvalue weighted by atomic mass is 10.3. The third-order valence-corrected chi connectivity index (χ3v) is 3.20. The predicted molar refractivity (Wildman–Crippen MR) is 79.7 cm³/mol. The summed E-state index contributed by atoms with van der Waals surface area (Å²) in [6.07, 6.45) is 0.404. The molecular formula is C14H11ClF2N4O2. The van der Waals surface area contributed by atoms with Crippen LogP contribution in [-0.4, -0.2) is 39.7 Å². The lowest BCUT2D eigenvalue weighted by Gasteiger charge is -2.10. The van der Waals surface area contributed by atoms with E-state index in [0.29, 0.717) is 10.8 Å². The van der Waals surface area contributed by atoms with Crippen LogP contribution >= 0.6 is 11.6 Å². The molecule has 0 spiro atoms. The highest BCUT2D eigenvalue weighted by Gasteiger charge is 2.14. The van der Waals surface area contributed by atoms with Crippen molar-refractivity contribution < 1.29 is 18.3 Å². The molecule has 0 aliphatic heterocycles. The van der Waals surface area contributed by atoms with Crippen LogP contribution in [0.1, 0.15) is 0 Å². The first-order valence-corrected chi connectivity index (χ1v) is 6.92. The average molecular weight is 341 g/mol. The van der Waals surface area contributed by atoms with E-state index in [4.69, 9.17) is 21.1 Å². The summed E-state index contributed by atoms with van der Waals surface area (Å²) in [5.74, 6) is 0.356. The number of nitrogens with zero attached hydrogens (tertiary/aromatic N) is 4. The maximum Gasteiger partial charge on any atom is 0.272 e.